The molecule has 0 radical (unpaired) electrons. The molecule has 1 aromatic heterocycles. The van der Waals surface area contributed by atoms with Gasteiger partial charge in [0, 0.05) is 31.5 Å². The number of aromatic nitrogens is 2. The van der Waals surface area contributed by atoms with E-state index in [2.05, 4.69) is 35.6 Å². The highest BCUT2D eigenvalue weighted by Crippen LogP contribution is 2.26. The standard InChI is InChI=1S/C22H31N3O3/c1-22(2,3)28-21(27)24-12-10-20(11-13-24)25-16-19(15-23-25)18-8-6-17(7-9-18)5-4-14-26/h6-9,15-16,20,26H,4-5,10-14H2,1-3H3. The fourth-order valence-corrected chi connectivity index (χ4v) is 3.47. The van der Waals surface area contributed by atoms with Crippen LogP contribution in [0.3, 0.4) is 0 Å². The molecule has 6 nitrogen and oxygen atoms in total. The molecule has 1 aromatic carbocycles. The molecule has 2 aromatic rings. The summed E-state index contributed by atoms with van der Waals surface area (Å²) in [5.41, 5.74) is 3.02. The zero-order valence-corrected chi connectivity index (χ0v) is 17.1. The minimum Gasteiger partial charge on any atom is -0.444 e. The maximum Gasteiger partial charge on any atom is 0.410 e. The molecule has 28 heavy (non-hydrogen) atoms. The predicted molar refractivity (Wildman–Crippen MR) is 109 cm³/mol. The second kappa shape index (κ2) is 8.78. The molecule has 0 saturated carbocycles. The number of ether oxygens (including phenoxy) is 1. The zero-order chi connectivity index (χ0) is 20.1. The van der Waals surface area contributed by atoms with Crippen LogP contribution in [0.2, 0.25) is 0 Å². The van der Waals surface area contributed by atoms with Gasteiger partial charge in [-0.2, -0.15) is 5.10 Å². The Kier molecular flexibility index (Phi) is 6.39. The zero-order valence-electron chi connectivity index (χ0n) is 17.1. The van der Waals surface area contributed by atoms with Crippen LogP contribution in [-0.2, 0) is 11.2 Å². The molecule has 3 rings (SSSR count). The van der Waals surface area contributed by atoms with Gasteiger partial charge in [-0.05, 0) is 57.6 Å². The van der Waals surface area contributed by atoms with Gasteiger partial charge in [0.15, 0.2) is 0 Å². The van der Waals surface area contributed by atoms with Gasteiger partial charge in [0.2, 0.25) is 0 Å². The molecule has 1 N–H and O–H groups in total. The largest absolute Gasteiger partial charge is 0.444 e. The number of piperidine rings is 1. The van der Waals surface area contributed by atoms with Crippen molar-refractivity contribution in [1.29, 1.82) is 0 Å². The van der Waals surface area contributed by atoms with E-state index in [0.717, 1.165) is 36.8 Å². The summed E-state index contributed by atoms with van der Waals surface area (Å²) < 4.78 is 7.49. The molecule has 0 bridgehead atoms. The van der Waals surface area contributed by atoms with Crippen molar-refractivity contribution < 1.29 is 14.6 Å². The quantitative estimate of drug-likeness (QED) is 0.843. The summed E-state index contributed by atoms with van der Waals surface area (Å²) in [6.45, 7) is 7.27. The first-order valence-corrected chi connectivity index (χ1v) is 10.1. The van der Waals surface area contributed by atoms with Crippen LogP contribution < -0.4 is 0 Å². The monoisotopic (exact) mass is 385 g/mol. The Morgan fingerprint density at radius 3 is 2.46 bits per heavy atom. The van der Waals surface area contributed by atoms with Gasteiger partial charge < -0.3 is 14.7 Å². The molecule has 0 atom stereocenters. The van der Waals surface area contributed by atoms with Gasteiger partial charge in [0.05, 0.1) is 12.2 Å². The van der Waals surface area contributed by atoms with E-state index in [4.69, 9.17) is 9.84 Å². The van der Waals surface area contributed by atoms with Crippen LogP contribution in [0.25, 0.3) is 11.1 Å². The van der Waals surface area contributed by atoms with Gasteiger partial charge >= 0.3 is 6.09 Å². The van der Waals surface area contributed by atoms with Gasteiger partial charge in [0.25, 0.3) is 0 Å². The summed E-state index contributed by atoms with van der Waals surface area (Å²) in [6.07, 6.45) is 7.21. The van der Waals surface area contributed by atoms with Crippen molar-refractivity contribution >= 4 is 6.09 Å². The molecule has 0 unspecified atom stereocenters. The summed E-state index contributed by atoms with van der Waals surface area (Å²) in [7, 11) is 0. The van der Waals surface area contributed by atoms with E-state index < -0.39 is 5.60 Å². The second-order valence-corrected chi connectivity index (χ2v) is 8.43. The van der Waals surface area contributed by atoms with Crippen molar-refractivity contribution in [2.75, 3.05) is 19.7 Å². The van der Waals surface area contributed by atoms with Crippen molar-refractivity contribution in [2.45, 2.75) is 58.1 Å². The first kappa shape index (κ1) is 20.4. The van der Waals surface area contributed by atoms with E-state index in [1.807, 2.05) is 31.6 Å². The number of nitrogens with zero attached hydrogens (tertiary/aromatic N) is 3. The van der Waals surface area contributed by atoms with Crippen LogP contribution >= 0.6 is 0 Å². The van der Waals surface area contributed by atoms with Crippen molar-refractivity contribution in [3.05, 3.63) is 42.2 Å². The maximum absolute atomic E-state index is 12.2. The third kappa shape index (κ3) is 5.35. The molecule has 1 amide bonds. The number of likely N-dealkylation sites (tertiary alicyclic amines) is 1. The average Bonchev–Trinajstić information content (AvgIpc) is 3.16. The Morgan fingerprint density at radius 1 is 1.18 bits per heavy atom. The van der Waals surface area contributed by atoms with Crippen LogP contribution in [0.5, 0.6) is 0 Å². The van der Waals surface area contributed by atoms with Crippen molar-refractivity contribution in [3.63, 3.8) is 0 Å². The Balaban J connectivity index is 1.57. The highest BCUT2D eigenvalue weighted by molar-refractivity contribution is 5.68. The number of hydrogen-bond donors (Lipinski definition) is 1. The van der Waals surface area contributed by atoms with E-state index in [1.165, 1.54) is 5.56 Å². The number of rotatable bonds is 5. The maximum atomic E-state index is 12.2. The molecular formula is C22H31N3O3. The van der Waals surface area contributed by atoms with Gasteiger partial charge in [-0.1, -0.05) is 24.3 Å². The Bertz CT molecular complexity index is 769. The first-order valence-electron chi connectivity index (χ1n) is 10.1. The molecule has 1 saturated heterocycles. The van der Waals surface area contributed by atoms with Gasteiger partial charge in [-0.25, -0.2) is 4.79 Å². The topological polar surface area (TPSA) is 67.6 Å². The predicted octanol–water partition coefficient (Wildman–Crippen LogP) is 4.05. The fourth-order valence-electron chi connectivity index (χ4n) is 3.47. The van der Waals surface area contributed by atoms with Crippen LogP contribution in [0, 0.1) is 0 Å². The highest BCUT2D eigenvalue weighted by Gasteiger charge is 2.27. The lowest BCUT2D eigenvalue weighted by atomic mass is 10.0. The average molecular weight is 386 g/mol. The number of aliphatic hydroxyl groups excluding tert-OH is 1. The summed E-state index contributed by atoms with van der Waals surface area (Å²) in [4.78, 5) is 14.0. The van der Waals surface area contributed by atoms with Crippen molar-refractivity contribution in [3.8, 4) is 11.1 Å². The number of hydrogen-bond acceptors (Lipinski definition) is 4. The molecule has 0 aliphatic carbocycles. The molecule has 1 aliphatic heterocycles. The van der Waals surface area contributed by atoms with Gasteiger partial charge in [-0.3, -0.25) is 4.68 Å². The minimum atomic E-state index is -0.460. The number of aliphatic hydroxyl groups is 1. The minimum absolute atomic E-state index is 0.223. The summed E-state index contributed by atoms with van der Waals surface area (Å²) in [5, 5.41) is 13.5. The molecule has 1 aliphatic rings. The molecule has 6 heteroatoms. The third-order valence-corrected chi connectivity index (χ3v) is 5.00. The number of aryl methyl sites for hydroxylation is 1. The summed E-state index contributed by atoms with van der Waals surface area (Å²) >= 11 is 0. The van der Waals surface area contributed by atoms with Crippen LogP contribution in [-0.4, -0.2) is 51.2 Å². The smallest absolute Gasteiger partial charge is 0.410 e. The van der Waals surface area contributed by atoms with E-state index in [-0.39, 0.29) is 12.7 Å². The number of carbonyl (C=O) groups is 1. The Hall–Kier alpha value is -2.34. The molecule has 1 fully saturated rings. The molecule has 2 heterocycles. The Morgan fingerprint density at radius 2 is 1.86 bits per heavy atom. The van der Waals surface area contributed by atoms with Crippen LogP contribution in [0.1, 0.15) is 51.6 Å². The van der Waals surface area contributed by atoms with E-state index in [1.54, 1.807) is 4.90 Å². The van der Waals surface area contributed by atoms with E-state index in [0.29, 0.717) is 19.1 Å². The lowest BCUT2D eigenvalue weighted by Crippen LogP contribution is -2.42. The SMILES string of the molecule is CC(C)(C)OC(=O)N1CCC(n2cc(-c3ccc(CCCO)cc3)cn2)CC1. The summed E-state index contributed by atoms with van der Waals surface area (Å²) in [6, 6.07) is 8.75. The van der Waals surface area contributed by atoms with Crippen LogP contribution in [0.15, 0.2) is 36.7 Å². The van der Waals surface area contributed by atoms with E-state index >= 15 is 0 Å². The number of amides is 1. The fraction of sp³-hybridized carbons (Fsp3) is 0.545. The number of carbonyl (C=O) groups excluding carboxylic acids is 1. The summed E-state index contributed by atoms with van der Waals surface area (Å²) in [5.74, 6) is 0. The third-order valence-electron chi connectivity index (χ3n) is 5.00. The lowest BCUT2D eigenvalue weighted by molar-refractivity contribution is 0.0185. The van der Waals surface area contributed by atoms with E-state index in [9.17, 15) is 4.79 Å². The second-order valence-electron chi connectivity index (χ2n) is 8.43. The molecule has 0 spiro atoms. The molecule has 152 valence electrons. The Labute approximate surface area is 167 Å². The van der Waals surface area contributed by atoms with Gasteiger partial charge in [0.1, 0.15) is 5.60 Å². The van der Waals surface area contributed by atoms with Crippen molar-refractivity contribution in [2.24, 2.45) is 0 Å². The lowest BCUT2D eigenvalue weighted by Gasteiger charge is -2.33. The molecular weight excluding hydrogens is 354 g/mol. The normalized spacial score (nSPS) is 15.6. The highest BCUT2D eigenvalue weighted by atomic mass is 16.6. The van der Waals surface area contributed by atoms with Crippen LogP contribution in [0.4, 0.5) is 4.79 Å². The first-order chi connectivity index (χ1) is 13.4. The number of benzene rings is 1. The van der Waals surface area contributed by atoms with Crippen molar-refractivity contribution in [1.82, 2.24) is 14.7 Å². The van der Waals surface area contributed by atoms with Gasteiger partial charge in [-0.15, -0.1) is 0 Å².